The van der Waals surface area contributed by atoms with Crippen LogP contribution in [0.15, 0.2) is 24.3 Å². The normalized spacial score (nSPS) is 14.6. The van der Waals surface area contributed by atoms with Crippen LogP contribution in [0.25, 0.3) is 0 Å². The van der Waals surface area contributed by atoms with Crippen LogP contribution in [0.3, 0.4) is 0 Å². The maximum atomic E-state index is 10.1. The first kappa shape index (κ1) is 16.2. The molecule has 0 saturated heterocycles. The summed E-state index contributed by atoms with van der Waals surface area (Å²) in [5.41, 5.74) is 2.65. The van der Waals surface area contributed by atoms with E-state index >= 15 is 0 Å². The number of aryl methyl sites for hydroxylation is 1. The molecule has 0 saturated carbocycles. The van der Waals surface area contributed by atoms with Crippen molar-refractivity contribution in [3.05, 3.63) is 35.4 Å². The van der Waals surface area contributed by atoms with Gasteiger partial charge in [0.2, 0.25) is 0 Å². The summed E-state index contributed by atoms with van der Waals surface area (Å²) in [5, 5.41) is 13.6. The second-order valence-corrected chi connectivity index (χ2v) is 5.37. The van der Waals surface area contributed by atoms with Gasteiger partial charge in [0, 0.05) is 12.6 Å². The van der Waals surface area contributed by atoms with Crippen LogP contribution >= 0.6 is 0 Å². The van der Waals surface area contributed by atoms with Crippen LogP contribution in [0.2, 0.25) is 0 Å². The lowest BCUT2D eigenvalue weighted by molar-refractivity contribution is 0.0989. The highest BCUT2D eigenvalue weighted by atomic mass is 16.3. The summed E-state index contributed by atoms with van der Waals surface area (Å²) in [6.45, 7) is 9.28. The average Bonchev–Trinajstić information content (AvgIpc) is 2.46. The van der Waals surface area contributed by atoms with Crippen molar-refractivity contribution in [3.8, 4) is 0 Å². The number of hydrogen-bond acceptors (Lipinski definition) is 2. The summed E-state index contributed by atoms with van der Waals surface area (Å²) in [6, 6.07) is 9.02. The van der Waals surface area contributed by atoms with Gasteiger partial charge in [-0.2, -0.15) is 0 Å². The van der Waals surface area contributed by atoms with Crippen molar-refractivity contribution in [3.63, 3.8) is 0 Å². The zero-order chi connectivity index (χ0) is 14.3. The lowest BCUT2D eigenvalue weighted by Gasteiger charge is -2.23. The molecule has 2 unspecified atom stereocenters. The van der Waals surface area contributed by atoms with E-state index in [1.165, 1.54) is 11.1 Å². The maximum absolute atomic E-state index is 10.1. The van der Waals surface area contributed by atoms with Crippen LogP contribution < -0.4 is 5.32 Å². The van der Waals surface area contributed by atoms with Crippen molar-refractivity contribution in [2.45, 2.75) is 59.1 Å². The van der Waals surface area contributed by atoms with E-state index in [0.717, 1.165) is 19.3 Å². The van der Waals surface area contributed by atoms with E-state index < -0.39 is 0 Å². The van der Waals surface area contributed by atoms with Gasteiger partial charge in [-0.15, -0.1) is 0 Å². The van der Waals surface area contributed by atoms with Crippen LogP contribution in [-0.2, 0) is 6.42 Å². The molecule has 1 aromatic rings. The van der Waals surface area contributed by atoms with Crippen LogP contribution in [0.1, 0.15) is 57.7 Å². The molecule has 0 aromatic heterocycles. The Labute approximate surface area is 118 Å². The van der Waals surface area contributed by atoms with E-state index in [9.17, 15) is 5.11 Å². The molecule has 108 valence electrons. The molecule has 0 fully saturated rings. The predicted octanol–water partition coefficient (Wildman–Crippen LogP) is 3.70. The number of rotatable bonds is 8. The van der Waals surface area contributed by atoms with Crippen LogP contribution in [-0.4, -0.2) is 17.8 Å². The highest BCUT2D eigenvalue weighted by molar-refractivity contribution is 5.24. The van der Waals surface area contributed by atoms with Gasteiger partial charge in [-0.1, -0.05) is 57.9 Å². The number of benzene rings is 1. The molecule has 0 amide bonds. The Bertz CT molecular complexity index is 343. The third kappa shape index (κ3) is 4.96. The standard InChI is InChI=1S/C17H29NO/c1-5-14-8-10-16(11-9-14)13(4)18-12-17(19)15(6-2)7-3/h8-11,13,15,17-19H,5-7,12H2,1-4H3. The molecular formula is C17H29NO. The van der Waals surface area contributed by atoms with Gasteiger partial charge in [0.1, 0.15) is 0 Å². The molecule has 19 heavy (non-hydrogen) atoms. The molecule has 2 heteroatoms. The molecule has 2 nitrogen and oxygen atoms in total. The lowest BCUT2D eigenvalue weighted by atomic mass is 9.96. The van der Waals surface area contributed by atoms with Gasteiger partial charge in [0.15, 0.2) is 0 Å². The molecule has 0 aliphatic rings. The second kappa shape index (κ2) is 8.34. The van der Waals surface area contributed by atoms with Crippen molar-refractivity contribution < 1.29 is 5.11 Å². The maximum Gasteiger partial charge on any atom is 0.0692 e. The minimum atomic E-state index is -0.243. The van der Waals surface area contributed by atoms with E-state index in [1.54, 1.807) is 0 Å². The zero-order valence-corrected chi connectivity index (χ0v) is 12.8. The van der Waals surface area contributed by atoms with Crippen molar-refractivity contribution >= 4 is 0 Å². The number of aliphatic hydroxyl groups is 1. The highest BCUT2D eigenvalue weighted by Crippen LogP contribution is 2.16. The molecule has 0 heterocycles. The molecule has 2 N–H and O–H groups in total. The first-order valence-electron chi connectivity index (χ1n) is 7.62. The fourth-order valence-corrected chi connectivity index (χ4v) is 2.46. The Morgan fingerprint density at radius 2 is 1.63 bits per heavy atom. The molecule has 0 radical (unpaired) electrons. The first-order chi connectivity index (χ1) is 9.12. The van der Waals surface area contributed by atoms with Gasteiger partial charge in [0.05, 0.1) is 6.10 Å². The number of hydrogen-bond donors (Lipinski definition) is 2. The summed E-state index contributed by atoms with van der Waals surface area (Å²) < 4.78 is 0. The zero-order valence-electron chi connectivity index (χ0n) is 12.8. The number of aliphatic hydroxyl groups excluding tert-OH is 1. The van der Waals surface area contributed by atoms with Crippen LogP contribution in [0.4, 0.5) is 0 Å². The van der Waals surface area contributed by atoms with Crippen LogP contribution in [0, 0.1) is 5.92 Å². The Kier molecular flexibility index (Phi) is 7.11. The Hall–Kier alpha value is -0.860. The summed E-state index contributed by atoms with van der Waals surface area (Å²) in [4.78, 5) is 0. The molecule has 1 aromatic carbocycles. The Morgan fingerprint density at radius 1 is 1.05 bits per heavy atom. The van der Waals surface area contributed by atoms with Gasteiger partial charge in [-0.3, -0.25) is 0 Å². The van der Waals surface area contributed by atoms with Gasteiger partial charge in [-0.05, 0) is 30.4 Å². The Balaban J connectivity index is 2.47. The van der Waals surface area contributed by atoms with Crippen molar-refractivity contribution in [2.75, 3.05) is 6.54 Å². The quantitative estimate of drug-likeness (QED) is 0.749. The van der Waals surface area contributed by atoms with Gasteiger partial charge < -0.3 is 10.4 Å². The first-order valence-corrected chi connectivity index (χ1v) is 7.62. The average molecular weight is 263 g/mol. The molecule has 0 spiro atoms. The van der Waals surface area contributed by atoms with Gasteiger partial charge >= 0.3 is 0 Å². The fraction of sp³-hybridized carbons (Fsp3) is 0.647. The molecule has 0 bridgehead atoms. The van der Waals surface area contributed by atoms with E-state index in [0.29, 0.717) is 12.5 Å². The minimum Gasteiger partial charge on any atom is -0.392 e. The summed E-state index contributed by atoms with van der Waals surface area (Å²) in [6.07, 6.45) is 2.92. The van der Waals surface area contributed by atoms with E-state index in [4.69, 9.17) is 0 Å². The molecule has 2 atom stereocenters. The third-order valence-corrected chi connectivity index (χ3v) is 4.11. The van der Waals surface area contributed by atoms with Crippen molar-refractivity contribution in [1.82, 2.24) is 5.32 Å². The second-order valence-electron chi connectivity index (χ2n) is 5.37. The molecule has 1 rings (SSSR count). The predicted molar refractivity (Wildman–Crippen MR) is 82.3 cm³/mol. The Morgan fingerprint density at radius 3 is 2.11 bits per heavy atom. The molecule has 0 aliphatic heterocycles. The van der Waals surface area contributed by atoms with Crippen molar-refractivity contribution in [2.24, 2.45) is 5.92 Å². The van der Waals surface area contributed by atoms with Crippen LogP contribution in [0.5, 0.6) is 0 Å². The SMILES string of the molecule is CCc1ccc(C(C)NCC(O)C(CC)CC)cc1. The minimum absolute atomic E-state index is 0.243. The highest BCUT2D eigenvalue weighted by Gasteiger charge is 2.16. The van der Waals surface area contributed by atoms with Crippen molar-refractivity contribution in [1.29, 1.82) is 0 Å². The van der Waals surface area contributed by atoms with Gasteiger partial charge in [0.25, 0.3) is 0 Å². The topological polar surface area (TPSA) is 32.3 Å². The van der Waals surface area contributed by atoms with E-state index in [2.05, 4.69) is 57.3 Å². The molecule has 0 aliphatic carbocycles. The summed E-state index contributed by atoms with van der Waals surface area (Å²) >= 11 is 0. The molecular weight excluding hydrogens is 234 g/mol. The number of nitrogens with one attached hydrogen (secondary N) is 1. The summed E-state index contributed by atoms with van der Waals surface area (Å²) in [7, 11) is 0. The largest absolute Gasteiger partial charge is 0.392 e. The van der Waals surface area contributed by atoms with E-state index in [-0.39, 0.29) is 12.1 Å². The lowest BCUT2D eigenvalue weighted by Crippen LogP contribution is -2.33. The van der Waals surface area contributed by atoms with E-state index in [1.807, 2.05) is 0 Å². The van der Waals surface area contributed by atoms with Gasteiger partial charge in [-0.25, -0.2) is 0 Å². The third-order valence-electron chi connectivity index (χ3n) is 4.11. The summed E-state index contributed by atoms with van der Waals surface area (Å²) in [5.74, 6) is 0.405. The monoisotopic (exact) mass is 263 g/mol. The smallest absolute Gasteiger partial charge is 0.0692 e. The fourth-order valence-electron chi connectivity index (χ4n) is 2.46.